The molecule has 15 heavy (non-hydrogen) atoms. The van der Waals surface area contributed by atoms with Crippen LogP contribution in [0, 0.1) is 5.92 Å². The minimum Gasteiger partial charge on any atom is -0.480 e. The minimum atomic E-state index is -0.781. The molecule has 0 radical (unpaired) electrons. The molecule has 0 bridgehead atoms. The van der Waals surface area contributed by atoms with Crippen LogP contribution in [-0.4, -0.2) is 24.2 Å². The summed E-state index contributed by atoms with van der Waals surface area (Å²) < 4.78 is 0. The van der Waals surface area contributed by atoms with Crippen molar-refractivity contribution in [2.45, 2.75) is 19.9 Å². The second-order valence-corrected chi connectivity index (χ2v) is 3.97. The van der Waals surface area contributed by atoms with Gasteiger partial charge in [-0.15, -0.1) is 0 Å². The van der Waals surface area contributed by atoms with Gasteiger partial charge in [0.25, 0.3) is 0 Å². The van der Waals surface area contributed by atoms with Gasteiger partial charge in [-0.2, -0.15) is 0 Å². The van der Waals surface area contributed by atoms with Crippen molar-refractivity contribution in [3.05, 3.63) is 30.3 Å². The number of benzene rings is 1. The molecule has 0 fully saturated rings. The molecule has 3 nitrogen and oxygen atoms in total. The first kappa shape index (κ1) is 11.6. The summed E-state index contributed by atoms with van der Waals surface area (Å²) in [5, 5.41) is 9.13. The lowest BCUT2D eigenvalue weighted by molar-refractivity contribution is -0.139. The van der Waals surface area contributed by atoms with Crippen molar-refractivity contribution in [3.63, 3.8) is 0 Å². The Labute approximate surface area is 90.3 Å². The Balaban J connectivity index is 2.91. The lowest BCUT2D eigenvalue weighted by atomic mass is 10.0. The molecule has 0 heterocycles. The van der Waals surface area contributed by atoms with Crippen LogP contribution in [0.1, 0.15) is 13.8 Å². The summed E-state index contributed by atoms with van der Waals surface area (Å²) in [6, 6.07) is 9.09. The Hall–Kier alpha value is -1.51. The number of carboxylic acid groups (broad SMARTS) is 1. The summed E-state index contributed by atoms with van der Waals surface area (Å²) in [6.07, 6.45) is 0. The Morgan fingerprint density at radius 1 is 1.27 bits per heavy atom. The maximum absolute atomic E-state index is 11.1. The fraction of sp³-hybridized carbons (Fsp3) is 0.417. The third-order valence-electron chi connectivity index (χ3n) is 2.47. The van der Waals surface area contributed by atoms with Crippen molar-refractivity contribution in [2.24, 2.45) is 5.92 Å². The van der Waals surface area contributed by atoms with Crippen LogP contribution in [-0.2, 0) is 4.79 Å². The normalized spacial score (nSPS) is 12.5. The Bertz CT molecular complexity index is 322. The summed E-state index contributed by atoms with van der Waals surface area (Å²) in [4.78, 5) is 12.9. The van der Waals surface area contributed by atoms with Gasteiger partial charge in [0.2, 0.25) is 0 Å². The summed E-state index contributed by atoms with van der Waals surface area (Å²) in [5.74, 6) is -0.705. The summed E-state index contributed by atoms with van der Waals surface area (Å²) in [7, 11) is 1.81. The van der Waals surface area contributed by atoms with E-state index >= 15 is 0 Å². The van der Waals surface area contributed by atoms with E-state index in [0.717, 1.165) is 5.69 Å². The number of anilines is 1. The van der Waals surface area contributed by atoms with Crippen LogP contribution in [0.4, 0.5) is 5.69 Å². The zero-order chi connectivity index (χ0) is 11.4. The topological polar surface area (TPSA) is 40.5 Å². The number of likely N-dealkylation sites (N-methyl/N-ethyl adjacent to an activating group) is 1. The molecule has 0 spiro atoms. The average molecular weight is 207 g/mol. The van der Waals surface area contributed by atoms with Crippen LogP contribution in [0.25, 0.3) is 0 Å². The van der Waals surface area contributed by atoms with Crippen molar-refractivity contribution in [1.82, 2.24) is 0 Å². The van der Waals surface area contributed by atoms with Gasteiger partial charge in [0.1, 0.15) is 6.04 Å². The summed E-state index contributed by atoms with van der Waals surface area (Å²) >= 11 is 0. The number of nitrogens with zero attached hydrogens (tertiary/aromatic N) is 1. The molecule has 82 valence electrons. The first-order valence-corrected chi connectivity index (χ1v) is 5.04. The van der Waals surface area contributed by atoms with Gasteiger partial charge in [0, 0.05) is 12.7 Å². The Morgan fingerprint density at radius 2 is 1.80 bits per heavy atom. The molecular formula is C12H17NO2. The summed E-state index contributed by atoms with van der Waals surface area (Å²) in [5.41, 5.74) is 0.929. The zero-order valence-electron chi connectivity index (χ0n) is 9.34. The maximum atomic E-state index is 11.1. The molecule has 1 atom stereocenters. The van der Waals surface area contributed by atoms with E-state index in [0.29, 0.717) is 0 Å². The fourth-order valence-corrected chi connectivity index (χ4v) is 1.72. The molecule has 3 heteroatoms. The van der Waals surface area contributed by atoms with Crippen molar-refractivity contribution in [2.75, 3.05) is 11.9 Å². The van der Waals surface area contributed by atoms with E-state index in [2.05, 4.69) is 0 Å². The predicted octanol–water partition coefficient (Wildman–Crippen LogP) is 2.23. The van der Waals surface area contributed by atoms with E-state index in [1.54, 1.807) is 4.90 Å². The number of hydrogen-bond acceptors (Lipinski definition) is 2. The van der Waals surface area contributed by atoms with Crippen molar-refractivity contribution >= 4 is 11.7 Å². The highest BCUT2D eigenvalue weighted by molar-refractivity contribution is 5.78. The Morgan fingerprint density at radius 3 is 2.20 bits per heavy atom. The van der Waals surface area contributed by atoms with Crippen LogP contribution in [0.15, 0.2) is 30.3 Å². The van der Waals surface area contributed by atoms with E-state index in [4.69, 9.17) is 5.11 Å². The van der Waals surface area contributed by atoms with Crippen molar-refractivity contribution < 1.29 is 9.90 Å². The van der Waals surface area contributed by atoms with E-state index < -0.39 is 12.0 Å². The molecule has 0 aliphatic heterocycles. The van der Waals surface area contributed by atoms with Crippen molar-refractivity contribution in [1.29, 1.82) is 0 Å². The second-order valence-electron chi connectivity index (χ2n) is 3.97. The van der Waals surface area contributed by atoms with Gasteiger partial charge in [-0.05, 0) is 18.1 Å². The molecule has 0 amide bonds. The molecular weight excluding hydrogens is 190 g/mol. The lowest BCUT2D eigenvalue weighted by Crippen LogP contribution is -2.42. The molecule has 0 aliphatic carbocycles. The quantitative estimate of drug-likeness (QED) is 0.823. The minimum absolute atomic E-state index is 0.0766. The first-order chi connectivity index (χ1) is 7.04. The lowest BCUT2D eigenvalue weighted by Gasteiger charge is -2.29. The molecule has 0 saturated carbocycles. The second kappa shape index (κ2) is 4.82. The third-order valence-corrected chi connectivity index (χ3v) is 2.47. The van der Waals surface area contributed by atoms with Gasteiger partial charge in [-0.1, -0.05) is 32.0 Å². The first-order valence-electron chi connectivity index (χ1n) is 5.04. The molecule has 1 rings (SSSR count). The van der Waals surface area contributed by atoms with Crippen LogP contribution < -0.4 is 4.90 Å². The van der Waals surface area contributed by atoms with Gasteiger partial charge in [-0.25, -0.2) is 4.79 Å². The molecule has 1 aromatic carbocycles. The molecule has 0 unspecified atom stereocenters. The molecule has 1 N–H and O–H groups in total. The molecule has 0 aliphatic rings. The van der Waals surface area contributed by atoms with E-state index in [9.17, 15) is 4.79 Å². The monoisotopic (exact) mass is 207 g/mol. The van der Waals surface area contributed by atoms with Gasteiger partial charge in [0.05, 0.1) is 0 Å². The van der Waals surface area contributed by atoms with E-state index in [-0.39, 0.29) is 5.92 Å². The van der Waals surface area contributed by atoms with Gasteiger partial charge >= 0.3 is 5.97 Å². The number of rotatable bonds is 4. The SMILES string of the molecule is CC(C)[C@@H](C(=O)O)N(C)c1ccccc1. The van der Waals surface area contributed by atoms with Crippen LogP contribution >= 0.6 is 0 Å². The third kappa shape index (κ3) is 2.72. The zero-order valence-corrected chi connectivity index (χ0v) is 9.34. The van der Waals surface area contributed by atoms with Gasteiger partial charge in [0.15, 0.2) is 0 Å². The average Bonchev–Trinajstić information content (AvgIpc) is 2.18. The molecule has 0 saturated heterocycles. The predicted molar refractivity (Wildman–Crippen MR) is 61.1 cm³/mol. The number of carbonyl (C=O) groups is 1. The van der Waals surface area contributed by atoms with E-state index in [1.807, 2.05) is 51.2 Å². The van der Waals surface area contributed by atoms with Gasteiger partial charge in [-0.3, -0.25) is 0 Å². The van der Waals surface area contributed by atoms with Crippen LogP contribution in [0.2, 0.25) is 0 Å². The molecule has 1 aromatic rings. The van der Waals surface area contributed by atoms with Crippen LogP contribution in [0.5, 0.6) is 0 Å². The maximum Gasteiger partial charge on any atom is 0.326 e. The van der Waals surface area contributed by atoms with Gasteiger partial charge < -0.3 is 10.0 Å². The Kier molecular flexibility index (Phi) is 3.72. The van der Waals surface area contributed by atoms with E-state index in [1.165, 1.54) is 0 Å². The highest BCUT2D eigenvalue weighted by atomic mass is 16.4. The highest BCUT2D eigenvalue weighted by Gasteiger charge is 2.25. The largest absolute Gasteiger partial charge is 0.480 e. The smallest absolute Gasteiger partial charge is 0.326 e. The van der Waals surface area contributed by atoms with Crippen molar-refractivity contribution in [3.8, 4) is 0 Å². The molecule has 0 aromatic heterocycles. The number of aliphatic carboxylic acids is 1. The standard InChI is InChI=1S/C12H17NO2/c1-9(2)11(12(14)15)13(3)10-7-5-4-6-8-10/h4-9,11H,1-3H3,(H,14,15)/t11-/m0/s1. The van der Waals surface area contributed by atoms with Crippen LogP contribution in [0.3, 0.4) is 0 Å². The fourth-order valence-electron chi connectivity index (χ4n) is 1.72. The number of carboxylic acids is 1. The summed E-state index contributed by atoms with van der Waals surface area (Å²) in [6.45, 7) is 3.83. The number of hydrogen-bond donors (Lipinski definition) is 1. The number of para-hydroxylation sites is 1. The highest BCUT2D eigenvalue weighted by Crippen LogP contribution is 2.18.